The van der Waals surface area contributed by atoms with E-state index in [1.165, 1.54) is 39.0 Å². The van der Waals surface area contributed by atoms with Gasteiger partial charge in [-0.05, 0) is 68.8 Å². The molecule has 0 aliphatic carbocycles. The van der Waals surface area contributed by atoms with E-state index in [2.05, 4.69) is 30.6 Å². The minimum absolute atomic E-state index is 0.141. The smallest absolute Gasteiger partial charge is 0.315 e. The van der Waals surface area contributed by atoms with E-state index in [4.69, 9.17) is 4.42 Å². The van der Waals surface area contributed by atoms with Gasteiger partial charge in [-0.25, -0.2) is 0 Å². The fourth-order valence-electron chi connectivity index (χ4n) is 4.63. The van der Waals surface area contributed by atoms with E-state index in [0.717, 1.165) is 31.1 Å². The summed E-state index contributed by atoms with van der Waals surface area (Å²) in [6.45, 7) is 6.79. The second-order valence-electron chi connectivity index (χ2n) is 8.70. The Morgan fingerprint density at radius 3 is 2.55 bits per heavy atom. The number of carbonyl (C=O) groups is 1. The molecule has 3 aromatic rings. The molecule has 0 spiro atoms. The van der Waals surface area contributed by atoms with Crippen LogP contribution in [-0.2, 0) is 0 Å². The zero-order valence-corrected chi connectivity index (χ0v) is 18.7. The van der Waals surface area contributed by atoms with E-state index in [-0.39, 0.29) is 5.91 Å². The van der Waals surface area contributed by atoms with E-state index in [1.54, 1.807) is 12.1 Å². The average Bonchev–Trinajstić information content (AvgIpc) is 3.15. The first-order chi connectivity index (χ1) is 16.2. The molecule has 3 aliphatic rings. The van der Waals surface area contributed by atoms with Gasteiger partial charge in [0.05, 0.1) is 0 Å². The molecule has 0 atom stereocenters. The number of fused-ring (bicyclic) bond motifs is 4. The lowest BCUT2D eigenvalue weighted by atomic mass is 10.1. The number of nitrogens with zero attached hydrogens (tertiary/aromatic N) is 4. The van der Waals surface area contributed by atoms with Crippen molar-refractivity contribution in [3.8, 4) is 11.5 Å². The Bertz CT molecular complexity index is 1040. The van der Waals surface area contributed by atoms with Gasteiger partial charge in [-0.3, -0.25) is 9.69 Å². The number of carbonyl (C=O) groups excluding carboxylic acids is 1. The highest BCUT2D eigenvalue weighted by Crippen LogP contribution is 2.23. The molecule has 8 nitrogen and oxygen atoms in total. The molecule has 8 heteroatoms. The summed E-state index contributed by atoms with van der Waals surface area (Å²) in [4.78, 5) is 17.5. The van der Waals surface area contributed by atoms with Crippen molar-refractivity contribution in [3.63, 3.8) is 0 Å². The van der Waals surface area contributed by atoms with Crippen LogP contribution in [0, 0.1) is 0 Å². The van der Waals surface area contributed by atoms with Crippen LogP contribution < -0.4 is 10.6 Å². The third kappa shape index (κ3) is 5.40. The maximum Gasteiger partial charge on any atom is 0.315 e. The standard InChI is InChI=1S/C25H30N6O2/c32-23(19-5-2-1-3-6-19)27-21-9-7-20(8-10-21)24-28-29-25(33-24)26-13-4-14-31-18-17-30-15-11-22(31)12-16-30/h1-3,5-10,22H,4,11-18H2,(H,26,29)(H,27,32). The Kier molecular flexibility index (Phi) is 6.64. The first kappa shape index (κ1) is 21.6. The lowest BCUT2D eigenvalue weighted by molar-refractivity contribution is 0.102. The van der Waals surface area contributed by atoms with Gasteiger partial charge in [-0.2, -0.15) is 0 Å². The third-order valence-electron chi connectivity index (χ3n) is 6.53. The SMILES string of the molecule is O=C(Nc1ccc(-c2nnc(NCCCN3CCN4CCC3CC4)o2)cc1)c1ccccc1. The molecule has 172 valence electrons. The molecule has 4 heterocycles. The van der Waals surface area contributed by atoms with Crippen LogP contribution in [0.15, 0.2) is 59.0 Å². The van der Waals surface area contributed by atoms with Gasteiger partial charge < -0.3 is 20.0 Å². The summed E-state index contributed by atoms with van der Waals surface area (Å²) in [6, 6.07) is 17.7. The molecule has 6 rings (SSSR count). The van der Waals surface area contributed by atoms with Crippen LogP contribution in [0.5, 0.6) is 0 Å². The summed E-state index contributed by atoms with van der Waals surface area (Å²) in [7, 11) is 0. The summed E-state index contributed by atoms with van der Waals surface area (Å²) < 4.78 is 5.78. The number of aromatic nitrogens is 2. The van der Waals surface area contributed by atoms with Crippen molar-refractivity contribution in [2.75, 3.05) is 49.9 Å². The summed E-state index contributed by atoms with van der Waals surface area (Å²) in [5.74, 6) is 0.315. The van der Waals surface area contributed by atoms with E-state index >= 15 is 0 Å². The van der Waals surface area contributed by atoms with Crippen LogP contribution >= 0.6 is 0 Å². The first-order valence-corrected chi connectivity index (χ1v) is 11.8. The molecule has 2 aromatic carbocycles. The van der Waals surface area contributed by atoms with Crippen molar-refractivity contribution in [1.29, 1.82) is 0 Å². The van der Waals surface area contributed by atoms with E-state index in [9.17, 15) is 4.79 Å². The minimum atomic E-state index is -0.141. The largest absolute Gasteiger partial charge is 0.403 e. The molecule has 2 N–H and O–H groups in total. The van der Waals surface area contributed by atoms with Gasteiger partial charge in [-0.1, -0.05) is 23.3 Å². The van der Waals surface area contributed by atoms with E-state index in [0.29, 0.717) is 23.2 Å². The Hall–Kier alpha value is -3.23. The normalized spacial score (nSPS) is 20.4. The highest BCUT2D eigenvalue weighted by molar-refractivity contribution is 6.04. The summed E-state index contributed by atoms with van der Waals surface area (Å²) in [5, 5.41) is 14.4. The predicted molar refractivity (Wildman–Crippen MR) is 128 cm³/mol. The van der Waals surface area contributed by atoms with Crippen LogP contribution in [-0.4, -0.2) is 71.2 Å². The zero-order chi connectivity index (χ0) is 22.5. The number of hydrogen-bond donors (Lipinski definition) is 2. The van der Waals surface area contributed by atoms with Gasteiger partial charge in [0.25, 0.3) is 5.91 Å². The molecular formula is C25H30N6O2. The first-order valence-electron chi connectivity index (χ1n) is 11.8. The molecule has 3 saturated heterocycles. The zero-order valence-electron chi connectivity index (χ0n) is 18.7. The average molecular weight is 447 g/mol. The van der Waals surface area contributed by atoms with Crippen LogP contribution in [0.2, 0.25) is 0 Å². The van der Waals surface area contributed by atoms with Crippen molar-refractivity contribution >= 4 is 17.6 Å². The Labute approximate surface area is 194 Å². The molecule has 0 saturated carbocycles. The molecule has 1 amide bonds. The number of hydrogen-bond acceptors (Lipinski definition) is 7. The topological polar surface area (TPSA) is 86.5 Å². The number of rotatable bonds is 8. The lowest BCUT2D eigenvalue weighted by Crippen LogP contribution is -2.38. The van der Waals surface area contributed by atoms with Gasteiger partial charge in [0, 0.05) is 49.0 Å². The van der Waals surface area contributed by atoms with Crippen molar-refractivity contribution in [2.45, 2.75) is 25.3 Å². The van der Waals surface area contributed by atoms with Gasteiger partial charge >= 0.3 is 6.01 Å². The Morgan fingerprint density at radius 2 is 1.76 bits per heavy atom. The van der Waals surface area contributed by atoms with Gasteiger partial charge in [0.1, 0.15) is 0 Å². The fraction of sp³-hybridized carbons (Fsp3) is 0.400. The number of amides is 1. The van der Waals surface area contributed by atoms with Crippen molar-refractivity contribution in [2.24, 2.45) is 0 Å². The second kappa shape index (κ2) is 10.1. The fourth-order valence-corrected chi connectivity index (χ4v) is 4.63. The third-order valence-corrected chi connectivity index (χ3v) is 6.53. The quantitative estimate of drug-likeness (QED) is 0.512. The van der Waals surface area contributed by atoms with Crippen LogP contribution in [0.3, 0.4) is 0 Å². The Balaban J connectivity index is 1.09. The monoisotopic (exact) mass is 446 g/mol. The molecular weight excluding hydrogens is 416 g/mol. The summed E-state index contributed by atoms with van der Waals surface area (Å²) >= 11 is 0. The van der Waals surface area contributed by atoms with Crippen LogP contribution in [0.4, 0.5) is 11.7 Å². The Morgan fingerprint density at radius 1 is 0.970 bits per heavy atom. The van der Waals surface area contributed by atoms with Crippen LogP contribution in [0.25, 0.3) is 11.5 Å². The number of benzene rings is 2. The van der Waals surface area contributed by atoms with Crippen molar-refractivity contribution in [3.05, 3.63) is 60.2 Å². The molecule has 33 heavy (non-hydrogen) atoms. The number of piperidine rings is 1. The summed E-state index contributed by atoms with van der Waals surface area (Å²) in [6.07, 6.45) is 3.65. The van der Waals surface area contributed by atoms with Gasteiger partial charge in [0.15, 0.2) is 0 Å². The molecule has 3 fully saturated rings. The van der Waals surface area contributed by atoms with E-state index in [1.807, 2.05) is 42.5 Å². The second-order valence-corrected chi connectivity index (χ2v) is 8.70. The molecule has 2 bridgehead atoms. The maximum absolute atomic E-state index is 12.3. The van der Waals surface area contributed by atoms with Gasteiger partial charge in [-0.15, -0.1) is 5.10 Å². The maximum atomic E-state index is 12.3. The highest BCUT2D eigenvalue weighted by Gasteiger charge is 2.28. The minimum Gasteiger partial charge on any atom is -0.403 e. The number of anilines is 2. The molecule has 0 radical (unpaired) electrons. The predicted octanol–water partition coefficient (Wildman–Crippen LogP) is 3.57. The lowest BCUT2D eigenvalue weighted by Gasteiger charge is -2.31. The summed E-state index contributed by atoms with van der Waals surface area (Å²) in [5.41, 5.74) is 2.14. The van der Waals surface area contributed by atoms with E-state index < -0.39 is 0 Å². The van der Waals surface area contributed by atoms with Crippen molar-refractivity contribution in [1.82, 2.24) is 20.0 Å². The molecule has 1 aromatic heterocycles. The highest BCUT2D eigenvalue weighted by atomic mass is 16.4. The number of nitrogens with one attached hydrogen (secondary N) is 2. The van der Waals surface area contributed by atoms with Crippen molar-refractivity contribution < 1.29 is 9.21 Å². The molecule has 0 unspecified atom stereocenters. The molecule has 3 aliphatic heterocycles. The van der Waals surface area contributed by atoms with Gasteiger partial charge in [0.2, 0.25) is 5.89 Å². The van der Waals surface area contributed by atoms with Crippen LogP contribution in [0.1, 0.15) is 29.6 Å².